The summed E-state index contributed by atoms with van der Waals surface area (Å²) in [4.78, 5) is 38.4. The number of carbonyl (C=O) groups excluding carboxylic acids is 3. The van der Waals surface area contributed by atoms with Crippen molar-refractivity contribution >= 4 is 17.6 Å². The zero-order valence-corrected chi connectivity index (χ0v) is 14.1. The molecule has 4 rings (SSSR count). The number of carbonyl (C=O) groups is 3. The van der Waals surface area contributed by atoms with Crippen molar-refractivity contribution in [1.82, 2.24) is 4.90 Å². The first-order chi connectivity index (χ1) is 12.0. The molecule has 0 spiro atoms. The molecule has 0 saturated heterocycles. The first-order valence-corrected chi connectivity index (χ1v) is 8.53. The molecule has 2 aliphatic rings. The highest BCUT2D eigenvalue weighted by Gasteiger charge is 2.46. The first-order valence-electron chi connectivity index (χ1n) is 8.53. The van der Waals surface area contributed by atoms with E-state index < -0.39 is 0 Å². The molecule has 1 heterocycles. The van der Waals surface area contributed by atoms with Gasteiger partial charge in [-0.1, -0.05) is 49.4 Å². The Kier molecular flexibility index (Phi) is 3.57. The van der Waals surface area contributed by atoms with Gasteiger partial charge in [-0.15, -0.1) is 0 Å². The lowest BCUT2D eigenvalue weighted by Gasteiger charge is -2.45. The topological polar surface area (TPSA) is 54.5 Å². The highest BCUT2D eigenvalue weighted by atomic mass is 16.2. The molecule has 1 aliphatic carbocycles. The average molecular weight is 333 g/mol. The number of Topliss-reactive ketones (excluding diaryl/α,β-unsaturated/α-hetero) is 1. The zero-order valence-electron chi connectivity index (χ0n) is 14.1. The van der Waals surface area contributed by atoms with Crippen LogP contribution in [-0.2, 0) is 10.2 Å². The number of benzene rings is 2. The van der Waals surface area contributed by atoms with Crippen molar-refractivity contribution in [3.8, 4) is 0 Å². The van der Waals surface area contributed by atoms with Gasteiger partial charge in [0.1, 0.15) is 0 Å². The van der Waals surface area contributed by atoms with E-state index in [1.54, 1.807) is 24.3 Å². The Balaban J connectivity index is 1.43. The largest absolute Gasteiger partial charge is 0.297 e. The monoisotopic (exact) mass is 333 g/mol. The molecule has 1 fully saturated rings. The molecule has 0 atom stereocenters. The van der Waals surface area contributed by atoms with Gasteiger partial charge in [0.2, 0.25) is 0 Å². The molecule has 1 saturated carbocycles. The number of amides is 2. The molecular weight excluding hydrogens is 314 g/mol. The SMILES string of the molecule is CC1(c2ccccc2)CC(C(=O)CN2C(=O)c3ccccc3C2=O)C1. The summed E-state index contributed by atoms with van der Waals surface area (Å²) >= 11 is 0. The molecule has 126 valence electrons. The Morgan fingerprint density at radius 2 is 1.48 bits per heavy atom. The Hall–Kier alpha value is -2.75. The van der Waals surface area contributed by atoms with Crippen molar-refractivity contribution in [3.05, 3.63) is 71.3 Å². The van der Waals surface area contributed by atoms with E-state index in [0.717, 1.165) is 17.7 Å². The second kappa shape index (κ2) is 5.66. The summed E-state index contributed by atoms with van der Waals surface area (Å²) < 4.78 is 0. The normalized spacial score (nSPS) is 24.8. The van der Waals surface area contributed by atoms with Crippen LogP contribution >= 0.6 is 0 Å². The average Bonchev–Trinajstić information content (AvgIpc) is 2.85. The Morgan fingerprint density at radius 1 is 0.960 bits per heavy atom. The van der Waals surface area contributed by atoms with Gasteiger partial charge in [0.25, 0.3) is 11.8 Å². The van der Waals surface area contributed by atoms with Crippen LogP contribution in [0.25, 0.3) is 0 Å². The van der Waals surface area contributed by atoms with Crippen LogP contribution in [-0.4, -0.2) is 29.0 Å². The number of fused-ring (bicyclic) bond motifs is 1. The first kappa shape index (κ1) is 15.8. The smallest absolute Gasteiger partial charge is 0.261 e. The molecule has 2 aromatic rings. The summed E-state index contributed by atoms with van der Waals surface area (Å²) in [7, 11) is 0. The van der Waals surface area contributed by atoms with Crippen molar-refractivity contribution in [2.24, 2.45) is 5.92 Å². The van der Waals surface area contributed by atoms with Crippen molar-refractivity contribution in [3.63, 3.8) is 0 Å². The number of ketones is 1. The minimum absolute atomic E-state index is 0.00355. The van der Waals surface area contributed by atoms with Gasteiger partial charge in [0, 0.05) is 5.92 Å². The molecular formula is C21H19NO3. The standard InChI is InChI=1S/C21H19NO3/c1-21(15-7-3-2-4-8-15)11-14(12-21)18(23)13-22-19(24)16-9-5-6-10-17(16)20(22)25/h2-10,14H,11-13H2,1H3. The van der Waals surface area contributed by atoms with E-state index in [2.05, 4.69) is 19.1 Å². The van der Waals surface area contributed by atoms with Gasteiger partial charge in [-0.25, -0.2) is 0 Å². The Morgan fingerprint density at radius 3 is 2.04 bits per heavy atom. The van der Waals surface area contributed by atoms with Crippen LogP contribution in [0.15, 0.2) is 54.6 Å². The number of rotatable bonds is 4. The number of hydrogen-bond donors (Lipinski definition) is 0. The van der Waals surface area contributed by atoms with Crippen LogP contribution in [0.2, 0.25) is 0 Å². The molecule has 0 radical (unpaired) electrons. The van der Waals surface area contributed by atoms with Gasteiger partial charge < -0.3 is 0 Å². The fraction of sp³-hybridized carbons (Fsp3) is 0.286. The van der Waals surface area contributed by atoms with Crippen LogP contribution in [0.1, 0.15) is 46.0 Å². The van der Waals surface area contributed by atoms with Crippen LogP contribution in [0.3, 0.4) is 0 Å². The van der Waals surface area contributed by atoms with E-state index in [-0.39, 0.29) is 35.5 Å². The molecule has 0 N–H and O–H groups in total. The molecule has 25 heavy (non-hydrogen) atoms. The van der Waals surface area contributed by atoms with Crippen LogP contribution in [0.4, 0.5) is 0 Å². The Labute approximate surface area is 146 Å². The summed E-state index contributed by atoms with van der Waals surface area (Å²) in [6.45, 7) is 2.04. The summed E-state index contributed by atoms with van der Waals surface area (Å²) in [6.07, 6.45) is 1.53. The number of hydrogen-bond acceptors (Lipinski definition) is 3. The molecule has 2 amide bonds. The fourth-order valence-electron chi connectivity index (χ4n) is 4.00. The highest BCUT2D eigenvalue weighted by Crippen LogP contribution is 2.47. The number of imide groups is 1. The van der Waals surface area contributed by atoms with Gasteiger partial charge in [-0.2, -0.15) is 0 Å². The van der Waals surface area contributed by atoms with Gasteiger partial charge in [-0.3, -0.25) is 19.3 Å². The van der Waals surface area contributed by atoms with Crippen molar-refractivity contribution in [2.45, 2.75) is 25.2 Å². The second-order valence-electron chi connectivity index (χ2n) is 7.24. The lowest BCUT2D eigenvalue weighted by atomic mass is 9.58. The molecule has 0 bridgehead atoms. The van der Waals surface area contributed by atoms with E-state index in [1.807, 2.05) is 18.2 Å². The van der Waals surface area contributed by atoms with Crippen LogP contribution in [0, 0.1) is 5.92 Å². The predicted molar refractivity (Wildman–Crippen MR) is 93.3 cm³/mol. The Bertz CT molecular complexity index is 831. The van der Waals surface area contributed by atoms with E-state index in [9.17, 15) is 14.4 Å². The van der Waals surface area contributed by atoms with E-state index in [4.69, 9.17) is 0 Å². The van der Waals surface area contributed by atoms with Crippen molar-refractivity contribution in [2.75, 3.05) is 6.54 Å². The maximum Gasteiger partial charge on any atom is 0.261 e. The quantitative estimate of drug-likeness (QED) is 0.807. The molecule has 0 aromatic heterocycles. The van der Waals surface area contributed by atoms with E-state index in [1.165, 1.54) is 5.56 Å². The van der Waals surface area contributed by atoms with Crippen LogP contribution < -0.4 is 0 Å². The summed E-state index contributed by atoms with van der Waals surface area (Å²) in [5, 5.41) is 0. The molecule has 2 aromatic carbocycles. The van der Waals surface area contributed by atoms with E-state index in [0.29, 0.717) is 11.1 Å². The van der Waals surface area contributed by atoms with Crippen molar-refractivity contribution in [1.29, 1.82) is 0 Å². The van der Waals surface area contributed by atoms with Crippen LogP contribution in [0.5, 0.6) is 0 Å². The lowest BCUT2D eigenvalue weighted by Crippen LogP contribution is -2.46. The summed E-state index contributed by atoms with van der Waals surface area (Å²) in [6, 6.07) is 16.9. The lowest BCUT2D eigenvalue weighted by molar-refractivity contribution is -0.127. The van der Waals surface area contributed by atoms with Crippen molar-refractivity contribution < 1.29 is 14.4 Å². The maximum atomic E-state index is 12.6. The van der Waals surface area contributed by atoms with Gasteiger partial charge in [0.05, 0.1) is 17.7 Å². The summed E-state index contributed by atoms with van der Waals surface area (Å²) in [5.74, 6) is -0.837. The molecule has 1 aliphatic heterocycles. The minimum atomic E-state index is -0.362. The minimum Gasteiger partial charge on any atom is -0.297 e. The van der Waals surface area contributed by atoms with E-state index >= 15 is 0 Å². The fourth-order valence-corrected chi connectivity index (χ4v) is 4.00. The third-order valence-electron chi connectivity index (χ3n) is 5.51. The van der Waals surface area contributed by atoms with Gasteiger partial charge in [-0.05, 0) is 36.0 Å². The molecule has 0 unspecified atom stereocenters. The maximum absolute atomic E-state index is 12.6. The zero-order chi connectivity index (χ0) is 17.6. The molecule has 4 nitrogen and oxygen atoms in total. The third-order valence-corrected chi connectivity index (χ3v) is 5.51. The highest BCUT2D eigenvalue weighted by molar-refractivity contribution is 6.22. The van der Waals surface area contributed by atoms with Gasteiger partial charge in [0.15, 0.2) is 5.78 Å². The summed E-state index contributed by atoms with van der Waals surface area (Å²) in [5.41, 5.74) is 2.02. The predicted octanol–water partition coefficient (Wildman–Crippen LogP) is 3.22. The molecule has 4 heteroatoms. The number of nitrogens with zero attached hydrogens (tertiary/aromatic N) is 1. The third kappa shape index (κ3) is 2.49. The van der Waals surface area contributed by atoms with Gasteiger partial charge >= 0.3 is 0 Å². The second-order valence-corrected chi connectivity index (χ2v) is 7.24.